The number of pyridine rings is 1. The standard InChI is InChI=1S/C26H23F2N3O/c1-2-32-23-13-24-29-21(20-14-26(27,28)15-20)16-31(24)17-22(23)30-25(18-9-5-3-6-10-18)19-11-7-4-8-12-19/h3-13,16-17,20H,2,14-15H2,1H3. The summed E-state index contributed by atoms with van der Waals surface area (Å²) in [5.41, 5.74) is 4.81. The van der Waals surface area contributed by atoms with Gasteiger partial charge in [-0.05, 0) is 6.92 Å². The summed E-state index contributed by atoms with van der Waals surface area (Å²) >= 11 is 0. The maximum Gasteiger partial charge on any atom is 0.249 e. The Bertz CT molecular complexity index is 1220. The molecule has 2 aromatic carbocycles. The summed E-state index contributed by atoms with van der Waals surface area (Å²) in [6.45, 7) is 2.40. The largest absolute Gasteiger partial charge is 0.491 e. The van der Waals surface area contributed by atoms with Crippen molar-refractivity contribution < 1.29 is 13.5 Å². The number of hydrogen-bond donors (Lipinski definition) is 0. The van der Waals surface area contributed by atoms with Gasteiger partial charge in [0, 0.05) is 48.3 Å². The van der Waals surface area contributed by atoms with Crippen LogP contribution in [0.25, 0.3) is 5.65 Å². The number of fused-ring (bicyclic) bond motifs is 1. The molecule has 6 heteroatoms. The van der Waals surface area contributed by atoms with Crippen LogP contribution < -0.4 is 4.74 Å². The van der Waals surface area contributed by atoms with Gasteiger partial charge in [0.25, 0.3) is 0 Å². The predicted octanol–water partition coefficient (Wildman–Crippen LogP) is 6.41. The van der Waals surface area contributed by atoms with E-state index in [9.17, 15) is 8.78 Å². The lowest BCUT2D eigenvalue weighted by Crippen LogP contribution is -2.33. The molecule has 0 atom stereocenters. The molecule has 4 aromatic rings. The lowest BCUT2D eigenvalue weighted by atomic mass is 9.79. The first-order chi connectivity index (χ1) is 15.5. The number of imidazole rings is 1. The van der Waals surface area contributed by atoms with Gasteiger partial charge in [0.1, 0.15) is 17.1 Å². The van der Waals surface area contributed by atoms with Gasteiger partial charge in [-0.25, -0.2) is 18.8 Å². The molecule has 5 rings (SSSR count). The summed E-state index contributed by atoms with van der Waals surface area (Å²) in [7, 11) is 0. The fourth-order valence-corrected chi connectivity index (χ4v) is 4.05. The number of aliphatic imine (C=N–C) groups is 1. The molecule has 0 amide bonds. The first-order valence-corrected chi connectivity index (χ1v) is 10.8. The Hall–Kier alpha value is -3.54. The quantitative estimate of drug-likeness (QED) is 0.331. The fraction of sp³-hybridized carbons (Fsp3) is 0.231. The second kappa shape index (κ2) is 8.19. The molecule has 0 saturated heterocycles. The second-order valence-electron chi connectivity index (χ2n) is 8.04. The van der Waals surface area contributed by atoms with E-state index in [-0.39, 0.29) is 18.8 Å². The van der Waals surface area contributed by atoms with E-state index in [4.69, 9.17) is 9.73 Å². The third-order valence-corrected chi connectivity index (χ3v) is 5.69. The van der Waals surface area contributed by atoms with Gasteiger partial charge in [0.15, 0.2) is 0 Å². The number of aromatic nitrogens is 2. The normalized spacial score (nSPS) is 15.3. The van der Waals surface area contributed by atoms with E-state index in [0.717, 1.165) is 16.8 Å². The number of ether oxygens (including phenoxy) is 1. The summed E-state index contributed by atoms with van der Waals surface area (Å²) in [4.78, 5) is 9.58. The molecule has 0 bridgehead atoms. The second-order valence-corrected chi connectivity index (χ2v) is 8.04. The van der Waals surface area contributed by atoms with Gasteiger partial charge in [-0.15, -0.1) is 0 Å². The van der Waals surface area contributed by atoms with E-state index in [2.05, 4.69) is 4.98 Å². The number of nitrogens with zero attached hydrogens (tertiary/aromatic N) is 3. The Morgan fingerprint density at radius 2 is 1.66 bits per heavy atom. The first-order valence-electron chi connectivity index (χ1n) is 10.8. The van der Waals surface area contributed by atoms with E-state index in [0.29, 0.717) is 29.4 Å². The zero-order valence-electron chi connectivity index (χ0n) is 17.7. The average molecular weight is 431 g/mol. The van der Waals surface area contributed by atoms with E-state index < -0.39 is 5.92 Å². The summed E-state index contributed by atoms with van der Waals surface area (Å²) in [5.74, 6) is -2.18. The Balaban J connectivity index is 1.62. The smallest absolute Gasteiger partial charge is 0.249 e. The van der Waals surface area contributed by atoms with Crippen molar-refractivity contribution in [2.45, 2.75) is 31.6 Å². The molecule has 4 nitrogen and oxygen atoms in total. The third-order valence-electron chi connectivity index (χ3n) is 5.69. The fourth-order valence-electron chi connectivity index (χ4n) is 4.05. The van der Waals surface area contributed by atoms with Crippen LogP contribution in [-0.4, -0.2) is 27.6 Å². The lowest BCUT2D eigenvalue weighted by molar-refractivity contribution is -0.0875. The molecule has 0 spiro atoms. The van der Waals surface area contributed by atoms with Crippen molar-refractivity contribution in [3.63, 3.8) is 0 Å². The minimum absolute atomic E-state index is 0.146. The van der Waals surface area contributed by atoms with Crippen LogP contribution in [0.15, 0.2) is 84.1 Å². The molecular formula is C26H23F2N3O. The maximum absolute atomic E-state index is 13.4. The van der Waals surface area contributed by atoms with Crippen LogP contribution in [-0.2, 0) is 0 Å². The zero-order chi connectivity index (χ0) is 22.1. The van der Waals surface area contributed by atoms with Gasteiger partial charge in [-0.3, -0.25) is 0 Å². The van der Waals surface area contributed by atoms with Crippen molar-refractivity contribution in [1.29, 1.82) is 0 Å². The lowest BCUT2D eigenvalue weighted by Gasteiger charge is -2.33. The summed E-state index contributed by atoms with van der Waals surface area (Å²) in [6.07, 6.45) is 3.40. The molecule has 0 aliphatic heterocycles. The topological polar surface area (TPSA) is 38.9 Å². The zero-order valence-corrected chi connectivity index (χ0v) is 17.7. The van der Waals surface area contributed by atoms with Crippen molar-refractivity contribution in [3.05, 3.63) is 95.9 Å². The van der Waals surface area contributed by atoms with Gasteiger partial charge in [-0.1, -0.05) is 60.7 Å². The molecular weight excluding hydrogens is 408 g/mol. The molecule has 1 aliphatic rings. The highest BCUT2D eigenvalue weighted by atomic mass is 19.3. The van der Waals surface area contributed by atoms with Crippen molar-refractivity contribution in [2.75, 3.05) is 6.61 Å². The van der Waals surface area contributed by atoms with Crippen LogP contribution >= 0.6 is 0 Å². The van der Waals surface area contributed by atoms with Crippen LogP contribution in [0, 0.1) is 0 Å². The van der Waals surface area contributed by atoms with Crippen LogP contribution in [0.5, 0.6) is 5.75 Å². The number of rotatable bonds is 6. The van der Waals surface area contributed by atoms with E-state index >= 15 is 0 Å². The molecule has 1 fully saturated rings. The van der Waals surface area contributed by atoms with E-state index in [1.807, 2.05) is 90.4 Å². The van der Waals surface area contributed by atoms with Crippen LogP contribution in [0.4, 0.5) is 14.5 Å². The minimum atomic E-state index is -2.58. The van der Waals surface area contributed by atoms with E-state index in [1.165, 1.54) is 0 Å². The Kier molecular flexibility index (Phi) is 5.21. The monoisotopic (exact) mass is 431 g/mol. The highest BCUT2D eigenvalue weighted by Crippen LogP contribution is 2.48. The Morgan fingerprint density at radius 3 is 2.22 bits per heavy atom. The highest BCUT2D eigenvalue weighted by molar-refractivity contribution is 6.14. The van der Waals surface area contributed by atoms with Gasteiger partial charge in [0.2, 0.25) is 5.92 Å². The molecule has 0 N–H and O–H groups in total. The highest BCUT2D eigenvalue weighted by Gasteiger charge is 2.46. The molecule has 32 heavy (non-hydrogen) atoms. The molecule has 162 valence electrons. The number of benzene rings is 2. The minimum Gasteiger partial charge on any atom is -0.491 e. The summed E-state index contributed by atoms with van der Waals surface area (Å²) < 4.78 is 34.4. The predicted molar refractivity (Wildman–Crippen MR) is 121 cm³/mol. The number of hydrogen-bond acceptors (Lipinski definition) is 3. The Labute approximate surface area is 185 Å². The van der Waals surface area contributed by atoms with Crippen molar-refractivity contribution in [1.82, 2.24) is 9.38 Å². The van der Waals surface area contributed by atoms with Gasteiger partial charge in [-0.2, -0.15) is 0 Å². The molecule has 2 aromatic heterocycles. The van der Waals surface area contributed by atoms with E-state index in [1.54, 1.807) is 0 Å². The first kappa shape index (κ1) is 20.4. The van der Waals surface area contributed by atoms with Crippen molar-refractivity contribution >= 4 is 17.0 Å². The molecule has 0 unspecified atom stereocenters. The van der Waals surface area contributed by atoms with Crippen LogP contribution in [0.2, 0.25) is 0 Å². The molecule has 1 saturated carbocycles. The summed E-state index contributed by atoms with van der Waals surface area (Å²) in [5, 5.41) is 0. The van der Waals surface area contributed by atoms with Crippen molar-refractivity contribution in [2.24, 2.45) is 4.99 Å². The van der Waals surface area contributed by atoms with Gasteiger partial charge in [0.05, 0.1) is 18.0 Å². The Morgan fingerprint density at radius 1 is 1.03 bits per heavy atom. The summed E-state index contributed by atoms with van der Waals surface area (Å²) in [6, 6.07) is 21.8. The maximum atomic E-state index is 13.4. The molecule has 0 radical (unpaired) electrons. The van der Waals surface area contributed by atoms with Crippen molar-refractivity contribution in [3.8, 4) is 5.75 Å². The van der Waals surface area contributed by atoms with Gasteiger partial charge < -0.3 is 9.14 Å². The number of alkyl halides is 2. The molecule has 2 heterocycles. The third kappa shape index (κ3) is 4.00. The van der Waals surface area contributed by atoms with Crippen LogP contribution in [0.3, 0.4) is 0 Å². The number of halogens is 2. The SMILES string of the molecule is CCOc1cc2nc(C3CC(F)(F)C3)cn2cc1N=C(c1ccccc1)c1ccccc1. The molecule has 1 aliphatic carbocycles. The van der Waals surface area contributed by atoms with Crippen LogP contribution in [0.1, 0.15) is 42.5 Å². The average Bonchev–Trinajstić information content (AvgIpc) is 3.19. The van der Waals surface area contributed by atoms with Gasteiger partial charge >= 0.3 is 0 Å².